The number of likely N-dealkylation sites (N-methyl/N-ethyl adjacent to an activating group) is 1. The van der Waals surface area contributed by atoms with Gasteiger partial charge in [0.25, 0.3) is 11.8 Å². The zero-order chi connectivity index (χ0) is 34.4. The number of nitrogens with zero attached hydrogens (tertiary/aromatic N) is 4. The van der Waals surface area contributed by atoms with Crippen molar-refractivity contribution < 1.29 is 28.7 Å². The number of aryl methyl sites for hydroxylation is 1. The van der Waals surface area contributed by atoms with Crippen molar-refractivity contribution in [3.63, 3.8) is 0 Å². The second-order valence-electron chi connectivity index (χ2n) is 12.8. The van der Waals surface area contributed by atoms with Crippen molar-refractivity contribution in [3.8, 4) is 11.3 Å². The molecule has 4 atom stereocenters. The van der Waals surface area contributed by atoms with E-state index in [4.69, 9.17) is 4.74 Å². The average molecular weight is 658 g/mol. The maximum absolute atomic E-state index is 14.0. The van der Waals surface area contributed by atoms with Crippen molar-refractivity contribution in [1.29, 1.82) is 0 Å². The molecule has 3 aromatic rings. The number of amides is 5. The molecule has 5 amide bonds. The van der Waals surface area contributed by atoms with E-state index < -0.39 is 47.9 Å². The number of nitrogens with one attached hydrogen (secondary N) is 3. The summed E-state index contributed by atoms with van der Waals surface area (Å²) in [5.74, 6) is -2.25. The van der Waals surface area contributed by atoms with Gasteiger partial charge in [-0.1, -0.05) is 74.5 Å². The minimum Gasteiger partial charge on any atom is -0.360 e. The van der Waals surface area contributed by atoms with Crippen molar-refractivity contribution in [1.82, 2.24) is 35.5 Å². The average Bonchev–Trinajstić information content (AvgIpc) is 3.47. The quantitative estimate of drug-likeness (QED) is 0.359. The summed E-state index contributed by atoms with van der Waals surface area (Å²) in [5, 5.41) is 13.0. The van der Waals surface area contributed by atoms with Crippen LogP contribution in [-0.2, 0) is 37.4 Å². The van der Waals surface area contributed by atoms with E-state index in [0.717, 1.165) is 11.1 Å². The molecular formula is C35H43N7O6. The SMILES string of the molecule is CC(C)C[C@@H]1NC(=O)CN(C)C(=O)[C@@H](Cc2ccccc2)NC(=O)[C@H]2CN(C(=O)c3cc(-c4ccccc4)nn3C)C[C@@H](CNC1=O)O2. The molecule has 2 aliphatic heterocycles. The second kappa shape index (κ2) is 15.2. The van der Waals surface area contributed by atoms with E-state index >= 15 is 0 Å². The summed E-state index contributed by atoms with van der Waals surface area (Å²) < 4.78 is 7.69. The van der Waals surface area contributed by atoms with E-state index in [2.05, 4.69) is 21.0 Å². The molecule has 3 heterocycles. The van der Waals surface area contributed by atoms with Gasteiger partial charge < -0.3 is 30.5 Å². The van der Waals surface area contributed by atoms with E-state index in [1.54, 1.807) is 13.1 Å². The highest BCUT2D eigenvalue weighted by Gasteiger charge is 2.38. The van der Waals surface area contributed by atoms with Crippen LogP contribution in [0.15, 0.2) is 66.7 Å². The molecule has 2 fully saturated rings. The Bertz CT molecular complexity index is 1630. The van der Waals surface area contributed by atoms with Crippen molar-refractivity contribution in [2.24, 2.45) is 13.0 Å². The molecule has 0 aliphatic carbocycles. The fourth-order valence-corrected chi connectivity index (χ4v) is 6.00. The number of benzene rings is 2. The Morgan fingerprint density at radius 3 is 2.29 bits per heavy atom. The molecule has 0 spiro atoms. The Hall–Kier alpha value is -5.04. The number of hydrogen-bond acceptors (Lipinski definition) is 7. The second-order valence-corrected chi connectivity index (χ2v) is 12.8. The first-order valence-corrected chi connectivity index (χ1v) is 16.2. The van der Waals surface area contributed by atoms with Crippen LogP contribution in [0.25, 0.3) is 11.3 Å². The van der Waals surface area contributed by atoms with Crippen LogP contribution in [-0.4, -0.2) is 107 Å². The Labute approximate surface area is 280 Å². The molecule has 13 nitrogen and oxygen atoms in total. The lowest BCUT2D eigenvalue weighted by Crippen LogP contribution is -2.59. The minimum absolute atomic E-state index is 0.0101. The van der Waals surface area contributed by atoms with Crippen molar-refractivity contribution in [3.05, 3.63) is 78.0 Å². The zero-order valence-electron chi connectivity index (χ0n) is 27.7. The first kappa shape index (κ1) is 34.3. The van der Waals surface area contributed by atoms with Crippen LogP contribution in [0.4, 0.5) is 0 Å². The summed E-state index contributed by atoms with van der Waals surface area (Å²) in [6.07, 6.45) is -1.35. The first-order valence-electron chi connectivity index (χ1n) is 16.2. The number of ether oxygens (including phenoxy) is 1. The van der Waals surface area contributed by atoms with Gasteiger partial charge in [0.2, 0.25) is 17.7 Å². The van der Waals surface area contributed by atoms with E-state index in [1.807, 2.05) is 74.5 Å². The molecule has 2 bridgehead atoms. The van der Waals surface area contributed by atoms with Gasteiger partial charge in [-0.3, -0.25) is 28.7 Å². The highest BCUT2D eigenvalue weighted by atomic mass is 16.5. The third kappa shape index (κ3) is 8.45. The lowest BCUT2D eigenvalue weighted by atomic mass is 10.0. The predicted octanol–water partition coefficient (Wildman–Crippen LogP) is 1.14. The number of morpholine rings is 1. The molecule has 5 rings (SSSR count). The van der Waals surface area contributed by atoms with Crippen LogP contribution >= 0.6 is 0 Å². The Balaban J connectivity index is 1.45. The van der Waals surface area contributed by atoms with Gasteiger partial charge in [-0.15, -0.1) is 0 Å². The molecule has 254 valence electrons. The van der Waals surface area contributed by atoms with Crippen LogP contribution in [0.2, 0.25) is 0 Å². The molecular weight excluding hydrogens is 614 g/mol. The number of carbonyl (C=O) groups is 5. The Kier molecular flexibility index (Phi) is 10.9. The molecule has 2 aromatic carbocycles. The molecule has 0 saturated carbocycles. The standard InChI is InChI=1S/C35H43N7O6/c1-22(2)15-27-32(44)36-18-25-19-42(35(47)29-17-26(39-41(29)4)24-13-9-6-10-14-24)20-30(48-25)33(45)38-28(16-23-11-7-5-8-12-23)34(46)40(3)21-31(43)37-27/h5-14,17,22,25,27-28,30H,15-16,18-21H2,1-4H3,(H,36,44)(H,37,43)(H,38,45)/t25-,27+,28-,30-/m1/s1. The van der Waals surface area contributed by atoms with Gasteiger partial charge in [0, 0.05) is 39.2 Å². The first-order chi connectivity index (χ1) is 23.0. The molecule has 13 heteroatoms. The van der Waals surface area contributed by atoms with Gasteiger partial charge in [0.1, 0.15) is 17.8 Å². The van der Waals surface area contributed by atoms with E-state index in [0.29, 0.717) is 17.8 Å². The fourth-order valence-electron chi connectivity index (χ4n) is 6.00. The monoisotopic (exact) mass is 657 g/mol. The van der Waals surface area contributed by atoms with E-state index in [-0.39, 0.29) is 44.4 Å². The third-order valence-electron chi connectivity index (χ3n) is 8.43. The minimum atomic E-state index is -1.14. The number of carbonyl (C=O) groups excluding carboxylic acids is 5. The molecule has 2 aliphatic rings. The summed E-state index contributed by atoms with van der Waals surface area (Å²) in [7, 11) is 3.16. The van der Waals surface area contributed by atoms with Crippen LogP contribution < -0.4 is 16.0 Å². The van der Waals surface area contributed by atoms with Gasteiger partial charge >= 0.3 is 0 Å². The van der Waals surface area contributed by atoms with E-state index in [9.17, 15) is 24.0 Å². The fraction of sp³-hybridized carbons (Fsp3) is 0.429. The topological polar surface area (TPSA) is 155 Å². The van der Waals surface area contributed by atoms with Crippen LogP contribution in [0.1, 0.15) is 36.3 Å². The van der Waals surface area contributed by atoms with E-state index in [1.165, 1.54) is 21.5 Å². The number of fused-ring (bicyclic) bond motifs is 2. The lowest BCUT2D eigenvalue weighted by Gasteiger charge is -2.38. The molecule has 0 radical (unpaired) electrons. The molecule has 0 unspecified atom stereocenters. The van der Waals surface area contributed by atoms with Crippen molar-refractivity contribution in [2.75, 3.05) is 33.2 Å². The summed E-state index contributed by atoms with van der Waals surface area (Å²) >= 11 is 0. The Morgan fingerprint density at radius 1 is 0.917 bits per heavy atom. The largest absolute Gasteiger partial charge is 0.360 e. The normalized spacial score (nSPS) is 22.8. The third-order valence-corrected chi connectivity index (χ3v) is 8.43. The smallest absolute Gasteiger partial charge is 0.272 e. The molecule has 1 aromatic heterocycles. The Morgan fingerprint density at radius 2 is 1.60 bits per heavy atom. The number of aromatic nitrogens is 2. The predicted molar refractivity (Wildman–Crippen MR) is 177 cm³/mol. The summed E-state index contributed by atoms with van der Waals surface area (Å²) in [4.78, 5) is 70.7. The maximum Gasteiger partial charge on any atom is 0.272 e. The summed E-state index contributed by atoms with van der Waals surface area (Å²) in [5.41, 5.74) is 2.61. The van der Waals surface area contributed by atoms with Gasteiger partial charge in [-0.05, 0) is 24.0 Å². The van der Waals surface area contributed by atoms with Crippen LogP contribution in [0, 0.1) is 5.92 Å². The van der Waals surface area contributed by atoms with Crippen LogP contribution in [0.3, 0.4) is 0 Å². The van der Waals surface area contributed by atoms with Gasteiger partial charge in [0.05, 0.1) is 24.9 Å². The summed E-state index contributed by atoms with van der Waals surface area (Å²) in [6.45, 7) is 3.57. The van der Waals surface area contributed by atoms with Gasteiger partial charge in [-0.2, -0.15) is 5.10 Å². The highest BCUT2D eigenvalue weighted by molar-refractivity contribution is 5.96. The van der Waals surface area contributed by atoms with Crippen molar-refractivity contribution in [2.45, 2.75) is 51.0 Å². The van der Waals surface area contributed by atoms with Crippen molar-refractivity contribution >= 4 is 29.5 Å². The summed E-state index contributed by atoms with van der Waals surface area (Å²) in [6, 6.07) is 18.5. The van der Waals surface area contributed by atoms with Gasteiger partial charge in [0.15, 0.2) is 6.10 Å². The maximum atomic E-state index is 14.0. The number of hydrogen-bond donors (Lipinski definition) is 3. The molecule has 2 saturated heterocycles. The highest BCUT2D eigenvalue weighted by Crippen LogP contribution is 2.21. The van der Waals surface area contributed by atoms with Crippen LogP contribution in [0.5, 0.6) is 0 Å². The molecule has 3 N–H and O–H groups in total. The number of rotatable bonds is 6. The zero-order valence-corrected chi connectivity index (χ0v) is 27.7. The van der Waals surface area contributed by atoms with Gasteiger partial charge in [-0.25, -0.2) is 0 Å². The molecule has 48 heavy (non-hydrogen) atoms. The lowest BCUT2D eigenvalue weighted by molar-refractivity contribution is -0.148.